The Kier molecular flexibility index (Phi) is 2.08. The zero-order chi connectivity index (χ0) is 5.98. The molecule has 2 atom stereocenters. The Morgan fingerprint density at radius 2 is 2.12 bits per heavy atom. The van der Waals surface area contributed by atoms with E-state index in [1.807, 2.05) is 0 Å². The summed E-state index contributed by atoms with van der Waals surface area (Å²) in [6.45, 7) is 1.51. The van der Waals surface area contributed by atoms with Gasteiger partial charge in [0, 0.05) is 13.1 Å². The largest absolute Gasteiger partial charge is 0.315 e. The predicted octanol–water partition coefficient (Wildman–Crippen LogP) is -0.971. The van der Waals surface area contributed by atoms with Crippen molar-refractivity contribution in [2.45, 2.75) is 11.7 Å². The Bertz CT molecular complexity index is 59.7. The average Bonchev–Trinajstić information content (AvgIpc) is 1.77. The lowest BCUT2D eigenvalue weighted by Crippen LogP contribution is -2.56. The molecule has 1 aliphatic heterocycles. The summed E-state index contributed by atoms with van der Waals surface area (Å²) in [5.74, 6) is 0. The van der Waals surface area contributed by atoms with E-state index in [1.165, 1.54) is 0 Å². The lowest BCUT2D eigenvalue weighted by molar-refractivity contribution is 0.406. The van der Waals surface area contributed by atoms with Crippen LogP contribution in [0.15, 0.2) is 0 Å². The van der Waals surface area contributed by atoms with Crippen molar-refractivity contribution in [3.63, 3.8) is 0 Å². The van der Waals surface area contributed by atoms with E-state index in [4.69, 9.17) is 17.3 Å². The highest BCUT2D eigenvalue weighted by atomic mass is 35.5. The van der Waals surface area contributed by atoms with E-state index in [-0.39, 0.29) is 11.7 Å². The van der Waals surface area contributed by atoms with Gasteiger partial charge in [-0.15, -0.1) is 11.6 Å². The first-order valence-electron chi connectivity index (χ1n) is 2.65. The Balaban J connectivity index is 2.19. The van der Waals surface area contributed by atoms with Crippen molar-refractivity contribution in [2.75, 3.05) is 13.1 Å². The molecule has 0 spiro atoms. The van der Waals surface area contributed by atoms with Crippen molar-refractivity contribution >= 4 is 11.6 Å². The first-order chi connectivity index (χ1) is 3.79. The normalized spacial score (nSPS) is 39.8. The van der Waals surface area contributed by atoms with E-state index in [9.17, 15) is 0 Å². The summed E-state index contributed by atoms with van der Waals surface area (Å²) in [5, 5.41) is 6.02. The Morgan fingerprint density at radius 1 is 1.38 bits per heavy atom. The Hall–Kier alpha value is 0.170. The van der Waals surface area contributed by atoms with Crippen LogP contribution >= 0.6 is 11.6 Å². The summed E-state index contributed by atoms with van der Waals surface area (Å²) < 4.78 is 0. The summed E-state index contributed by atoms with van der Waals surface area (Å²) in [6, 6.07) is 0. The number of piperazine rings is 1. The third-order valence-corrected chi connectivity index (χ3v) is 1.43. The molecule has 1 fully saturated rings. The molecule has 0 radical (unpaired) electrons. The van der Waals surface area contributed by atoms with Gasteiger partial charge in [-0.05, 0) is 0 Å². The van der Waals surface area contributed by atoms with Crippen LogP contribution in [0, 0.1) is 0 Å². The molecule has 4 N–H and O–H groups in total. The number of rotatable bonds is 0. The molecule has 0 aliphatic carbocycles. The lowest BCUT2D eigenvalue weighted by atomic mass is 10.4. The summed E-state index contributed by atoms with van der Waals surface area (Å²) in [5.41, 5.74) is 5.52. The molecule has 0 bridgehead atoms. The van der Waals surface area contributed by atoms with Crippen molar-refractivity contribution < 1.29 is 0 Å². The van der Waals surface area contributed by atoms with E-state index in [0.29, 0.717) is 0 Å². The standard InChI is InChI=1S/C4H10ClN3/c5-3-1-8-4(6)2-7-3/h3-4,7-8H,1-2,6H2. The third kappa shape index (κ3) is 1.59. The SMILES string of the molecule is NC1CNC(Cl)CN1. The van der Waals surface area contributed by atoms with Crippen molar-refractivity contribution in [3.8, 4) is 0 Å². The second-order valence-corrected chi connectivity index (χ2v) is 2.42. The molecule has 48 valence electrons. The van der Waals surface area contributed by atoms with Crippen LogP contribution < -0.4 is 16.4 Å². The second-order valence-electron chi connectivity index (χ2n) is 1.89. The maximum atomic E-state index is 5.65. The molecule has 1 aliphatic rings. The molecule has 4 heteroatoms. The van der Waals surface area contributed by atoms with Crippen LogP contribution in [0.4, 0.5) is 0 Å². The van der Waals surface area contributed by atoms with Crippen LogP contribution in [-0.4, -0.2) is 24.8 Å². The van der Waals surface area contributed by atoms with Gasteiger partial charge in [0.1, 0.15) is 0 Å². The zero-order valence-corrected chi connectivity index (χ0v) is 5.28. The van der Waals surface area contributed by atoms with Crippen LogP contribution in [-0.2, 0) is 0 Å². The van der Waals surface area contributed by atoms with Crippen molar-refractivity contribution in [1.82, 2.24) is 10.6 Å². The van der Waals surface area contributed by atoms with E-state index in [2.05, 4.69) is 10.6 Å². The van der Waals surface area contributed by atoms with Crippen molar-refractivity contribution in [1.29, 1.82) is 0 Å². The van der Waals surface area contributed by atoms with Gasteiger partial charge in [0.2, 0.25) is 0 Å². The van der Waals surface area contributed by atoms with Gasteiger partial charge in [0.05, 0.1) is 11.7 Å². The highest BCUT2D eigenvalue weighted by Gasteiger charge is 2.12. The minimum absolute atomic E-state index is 0.0507. The molecule has 3 nitrogen and oxygen atoms in total. The molecule has 0 saturated carbocycles. The van der Waals surface area contributed by atoms with E-state index in [1.54, 1.807) is 0 Å². The first-order valence-corrected chi connectivity index (χ1v) is 3.09. The number of nitrogens with one attached hydrogen (secondary N) is 2. The van der Waals surface area contributed by atoms with Crippen LogP contribution in [0.3, 0.4) is 0 Å². The minimum Gasteiger partial charge on any atom is -0.315 e. The summed E-state index contributed by atoms with van der Waals surface area (Å²) >= 11 is 5.65. The Labute approximate surface area is 53.6 Å². The molecule has 2 unspecified atom stereocenters. The average molecular weight is 136 g/mol. The number of hydrogen-bond acceptors (Lipinski definition) is 3. The summed E-state index contributed by atoms with van der Waals surface area (Å²) in [7, 11) is 0. The summed E-state index contributed by atoms with van der Waals surface area (Å²) in [4.78, 5) is 0. The van der Waals surface area contributed by atoms with Gasteiger partial charge in [0.25, 0.3) is 0 Å². The van der Waals surface area contributed by atoms with Crippen LogP contribution in [0.2, 0.25) is 0 Å². The smallest absolute Gasteiger partial charge is 0.0953 e. The van der Waals surface area contributed by atoms with Crippen molar-refractivity contribution in [2.24, 2.45) is 5.73 Å². The molecule has 0 aromatic rings. The van der Waals surface area contributed by atoms with Crippen molar-refractivity contribution in [3.05, 3.63) is 0 Å². The maximum Gasteiger partial charge on any atom is 0.0953 e. The molecule has 1 rings (SSSR count). The third-order valence-electron chi connectivity index (χ3n) is 1.12. The van der Waals surface area contributed by atoms with Gasteiger partial charge >= 0.3 is 0 Å². The van der Waals surface area contributed by atoms with Gasteiger partial charge in [-0.1, -0.05) is 0 Å². The minimum atomic E-state index is 0.0507. The molecule has 0 aromatic heterocycles. The molecular weight excluding hydrogens is 126 g/mol. The first kappa shape index (κ1) is 6.29. The highest BCUT2D eigenvalue weighted by Crippen LogP contribution is 1.92. The van der Waals surface area contributed by atoms with E-state index < -0.39 is 0 Å². The zero-order valence-electron chi connectivity index (χ0n) is 4.52. The fraction of sp³-hybridized carbons (Fsp3) is 1.00. The molecule has 1 saturated heterocycles. The molecule has 0 aromatic carbocycles. The number of nitrogens with two attached hydrogens (primary N) is 1. The summed E-state index contributed by atoms with van der Waals surface area (Å²) in [6.07, 6.45) is 0.0741. The molecular formula is C4H10ClN3. The van der Waals surface area contributed by atoms with E-state index >= 15 is 0 Å². The van der Waals surface area contributed by atoms with Gasteiger partial charge < -0.3 is 5.73 Å². The lowest BCUT2D eigenvalue weighted by Gasteiger charge is -2.24. The number of alkyl halides is 1. The molecule has 1 heterocycles. The van der Waals surface area contributed by atoms with Crippen LogP contribution in [0.1, 0.15) is 0 Å². The predicted molar refractivity (Wildman–Crippen MR) is 33.6 cm³/mol. The highest BCUT2D eigenvalue weighted by molar-refractivity contribution is 6.20. The fourth-order valence-corrected chi connectivity index (χ4v) is 0.832. The van der Waals surface area contributed by atoms with Gasteiger partial charge in [0.15, 0.2) is 0 Å². The quantitative estimate of drug-likeness (QED) is 0.296. The van der Waals surface area contributed by atoms with Gasteiger partial charge in [-0.2, -0.15) is 0 Å². The molecule has 8 heavy (non-hydrogen) atoms. The number of halogens is 1. The van der Waals surface area contributed by atoms with E-state index in [0.717, 1.165) is 13.1 Å². The maximum absolute atomic E-state index is 5.65. The monoisotopic (exact) mass is 135 g/mol. The van der Waals surface area contributed by atoms with Gasteiger partial charge in [-0.25, -0.2) is 0 Å². The number of hydrogen-bond donors (Lipinski definition) is 3. The molecule has 0 amide bonds. The Morgan fingerprint density at radius 3 is 2.50 bits per heavy atom. The van der Waals surface area contributed by atoms with Crippen LogP contribution in [0.25, 0.3) is 0 Å². The second kappa shape index (κ2) is 2.64. The topological polar surface area (TPSA) is 50.1 Å². The van der Waals surface area contributed by atoms with Crippen LogP contribution in [0.5, 0.6) is 0 Å². The van der Waals surface area contributed by atoms with Gasteiger partial charge in [-0.3, -0.25) is 10.6 Å². The fourth-order valence-electron chi connectivity index (χ4n) is 0.654.